The van der Waals surface area contributed by atoms with Crippen molar-refractivity contribution in [3.05, 3.63) is 70.9 Å². The highest BCUT2D eigenvalue weighted by Crippen LogP contribution is 2.29. The number of aliphatic hydroxyl groups is 1. The van der Waals surface area contributed by atoms with E-state index in [2.05, 4.69) is 4.98 Å². The quantitative estimate of drug-likeness (QED) is 0.526. The average Bonchev–Trinajstić information content (AvgIpc) is 3.57. The standard InChI is InChI=1S/C24H24ClNO3/c25-20-9-7-19-8-11-21(26-24(19)13-20)10-6-17-2-1-3-22(12-17)29-16-23(14-27)28-15-18-4-5-18/h1-3,6-13,18,23,27H,4-5,14-16H2/b10-6+. The first-order valence-corrected chi connectivity index (χ1v) is 10.3. The molecule has 0 saturated heterocycles. The highest BCUT2D eigenvalue weighted by Gasteiger charge is 2.23. The molecule has 1 aliphatic carbocycles. The third-order valence-electron chi connectivity index (χ3n) is 4.88. The van der Waals surface area contributed by atoms with Gasteiger partial charge >= 0.3 is 0 Å². The average molecular weight is 410 g/mol. The van der Waals surface area contributed by atoms with Crippen LogP contribution >= 0.6 is 11.6 Å². The Morgan fingerprint density at radius 1 is 1.10 bits per heavy atom. The summed E-state index contributed by atoms with van der Waals surface area (Å²) in [7, 11) is 0. The number of pyridine rings is 1. The van der Waals surface area contributed by atoms with Gasteiger partial charge in [0.15, 0.2) is 0 Å². The number of aliphatic hydroxyl groups excluding tert-OH is 1. The van der Waals surface area contributed by atoms with Gasteiger partial charge < -0.3 is 14.6 Å². The van der Waals surface area contributed by atoms with Crippen LogP contribution in [0, 0.1) is 5.92 Å². The van der Waals surface area contributed by atoms with Gasteiger partial charge in [0.25, 0.3) is 0 Å². The van der Waals surface area contributed by atoms with E-state index in [9.17, 15) is 5.11 Å². The molecule has 1 N–H and O–H groups in total. The summed E-state index contributed by atoms with van der Waals surface area (Å²) in [6.07, 6.45) is 6.13. The highest BCUT2D eigenvalue weighted by molar-refractivity contribution is 6.31. The zero-order valence-electron chi connectivity index (χ0n) is 16.1. The molecule has 0 spiro atoms. The zero-order valence-corrected chi connectivity index (χ0v) is 16.9. The number of aromatic nitrogens is 1. The Morgan fingerprint density at radius 2 is 1.97 bits per heavy atom. The van der Waals surface area contributed by atoms with E-state index in [0.29, 0.717) is 24.2 Å². The van der Waals surface area contributed by atoms with Crippen LogP contribution in [0.15, 0.2) is 54.6 Å². The first-order valence-electron chi connectivity index (χ1n) is 9.89. The molecule has 4 nitrogen and oxygen atoms in total. The van der Waals surface area contributed by atoms with Crippen LogP contribution in [0.2, 0.25) is 5.02 Å². The minimum atomic E-state index is -0.288. The summed E-state index contributed by atoms with van der Waals surface area (Å²) in [5.74, 6) is 1.41. The molecular formula is C24H24ClNO3. The van der Waals surface area contributed by atoms with E-state index in [1.54, 1.807) is 0 Å². The Hall–Kier alpha value is -2.40. The van der Waals surface area contributed by atoms with Crippen LogP contribution in [0.1, 0.15) is 24.1 Å². The van der Waals surface area contributed by atoms with Crippen LogP contribution < -0.4 is 4.74 Å². The third-order valence-corrected chi connectivity index (χ3v) is 5.12. The third kappa shape index (κ3) is 5.80. The molecule has 4 rings (SSSR count). The van der Waals surface area contributed by atoms with Crippen LogP contribution in [0.3, 0.4) is 0 Å². The Morgan fingerprint density at radius 3 is 2.79 bits per heavy atom. The van der Waals surface area contributed by atoms with E-state index < -0.39 is 0 Å². The number of rotatable bonds is 9. The smallest absolute Gasteiger partial charge is 0.120 e. The maximum atomic E-state index is 9.46. The molecular weight excluding hydrogens is 386 g/mol. The van der Waals surface area contributed by atoms with Crippen molar-refractivity contribution in [2.45, 2.75) is 18.9 Å². The lowest BCUT2D eigenvalue weighted by Crippen LogP contribution is -2.26. The maximum Gasteiger partial charge on any atom is 0.120 e. The van der Waals surface area contributed by atoms with Crippen LogP contribution in [-0.2, 0) is 4.74 Å². The monoisotopic (exact) mass is 409 g/mol. The fourth-order valence-corrected chi connectivity index (χ4v) is 3.15. The number of halogens is 1. The van der Waals surface area contributed by atoms with E-state index in [-0.39, 0.29) is 12.7 Å². The summed E-state index contributed by atoms with van der Waals surface area (Å²) in [6.45, 7) is 1.01. The topological polar surface area (TPSA) is 51.6 Å². The summed E-state index contributed by atoms with van der Waals surface area (Å²) in [4.78, 5) is 4.64. The fraction of sp³-hybridized carbons (Fsp3) is 0.292. The van der Waals surface area contributed by atoms with Crippen LogP contribution in [0.5, 0.6) is 5.75 Å². The Labute approximate surface area is 175 Å². The van der Waals surface area contributed by atoms with Crippen molar-refractivity contribution in [1.82, 2.24) is 4.98 Å². The Kier molecular flexibility index (Phi) is 6.45. The molecule has 1 saturated carbocycles. The summed E-state index contributed by atoms with van der Waals surface area (Å²) >= 11 is 6.07. The molecule has 29 heavy (non-hydrogen) atoms. The normalized spacial score (nSPS) is 15.1. The van der Waals surface area contributed by atoms with Crippen molar-refractivity contribution in [3.63, 3.8) is 0 Å². The van der Waals surface area contributed by atoms with E-state index in [0.717, 1.165) is 27.9 Å². The zero-order chi connectivity index (χ0) is 20.1. The molecule has 2 aromatic carbocycles. The summed E-state index contributed by atoms with van der Waals surface area (Å²) < 4.78 is 11.5. The molecule has 5 heteroatoms. The second-order valence-electron chi connectivity index (χ2n) is 7.37. The van der Waals surface area contributed by atoms with Gasteiger partial charge in [0, 0.05) is 10.4 Å². The molecule has 1 fully saturated rings. The molecule has 0 amide bonds. The fourth-order valence-electron chi connectivity index (χ4n) is 2.99. The molecule has 3 aromatic rings. The Bertz CT molecular complexity index is 1000. The maximum absolute atomic E-state index is 9.46. The van der Waals surface area contributed by atoms with Crippen molar-refractivity contribution in [2.24, 2.45) is 5.92 Å². The number of ether oxygens (including phenoxy) is 2. The van der Waals surface area contributed by atoms with Gasteiger partial charge in [-0.05, 0) is 60.7 Å². The van der Waals surface area contributed by atoms with Crippen molar-refractivity contribution >= 4 is 34.7 Å². The summed E-state index contributed by atoms with van der Waals surface area (Å²) in [5, 5.41) is 11.2. The summed E-state index contributed by atoms with van der Waals surface area (Å²) in [5.41, 5.74) is 2.74. The van der Waals surface area contributed by atoms with Gasteiger partial charge in [0.1, 0.15) is 18.5 Å². The van der Waals surface area contributed by atoms with E-state index in [1.165, 1.54) is 12.8 Å². The van der Waals surface area contributed by atoms with E-state index in [4.69, 9.17) is 21.1 Å². The minimum absolute atomic E-state index is 0.0377. The predicted molar refractivity (Wildman–Crippen MR) is 117 cm³/mol. The molecule has 0 bridgehead atoms. The second-order valence-corrected chi connectivity index (χ2v) is 7.81. The number of nitrogens with zero attached hydrogens (tertiary/aromatic N) is 1. The lowest BCUT2D eigenvalue weighted by molar-refractivity contribution is -0.0179. The SMILES string of the molecule is OCC(COc1cccc(/C=C/c2ccc3ccc(Cl)cc3n2)c1)OCC1CC1. The number of hydrogen-bond donors (Lipinski definition) is 1. The molecule has 1 atom stereocenters. The van der Waals surface area contributed by atoms with Crippen molar-refractivity contribution < 1.29 is 14.6 Å². The number of benzene rings is 2. The minimum Gasteiger partial charge on any atom is -0.491 e. The molecule has 150 valence electrons. The number of hydrogen-bond acceptors (Lipinski definition) is 4. The van der Waals surface area contributed by atoms with Gasteiger partial charge in [-0.25, -0.2) is 4.98 Å². The van der Waals surface area contributed by atoms with Crippen molar-refractivity contribution in [3.8, 4) is 5.75 Å². The van der Waals surface area contributed by atoms with Crippen LogP contribution in [0.25, 0.3) is 23.1 Å². The lowest BCUT2D eigenvalue weighted by atomic mass is 10.1. The van der Waals surface area contributed by atoms with Crippen LogP contribution in [0.4, 0.5) is 0 Å². The first kappa shape index (κ1) is 19.9. The predicted octanol–water partition coefficient (Wildman–Crippen LogP) is 5.22. The highest BCUT2D eigenvalue weighted by atomic mass is 35.5. The van der Waals surface area contributed by atoms with Gasteiger partial charge in [0.05, 0.1) is 24.4 Å². The molecule has 0 aliphatic heterocycles. The van der Waals surface area contributed by atoms with Gasteiger partial charge in [-0.15, -0.1) is 0 Å². The first-order chi connectivity index (χ1) is 14.2. The van der Waals surface area contributed by atoms with Gasteiger partial charge in [-0.3, -0.25) is 0 Å². The van der Waals surface area contributed by atoms with Crippen molar-refractivity contribution in [1.29, 1.82) is 0 Å². The Balaban J connectivity index is 1.38. The van der Waals surface area contributed by atoms with Gasteiger partial charge in [0.2, 0.25) is 0 Å². The van der Waals surface area contributed by atoms with Gasteiger partial charge in [-0.2, -0.15) is 0 Å². The van der Waals surface area contributed by atoms with Crippen LogP contribution in [-0.4, -0.2) is 36.0 Å². The lowest BCUT2D eigenvalue weighted by Gasteiger charge is -2.16. The van der Waals surface area contributed by atoms with E-state index >= 15 is 0 Å². The molecule has 1 aliphatic rings. The largest absolute Gasteiger partial charge is 0.491 e. The molecule has 0 radical (unpaired) electrons. The number of fused-ring (bicyclic) bond motifs is 1. The molecule has 1 unspecified atom stereocenters. The second kappa shape index (κ2) is 9.40. The van der Waals surface area contributed by atoms with Crippen molar-refractivity contribution in [2.75, 3.05) is 19.8 Å². The molecule has 1 heterocycles. The van der Waals surface area contributed by atoms with Gasteiger partial charge in [-0.1, -0.05) is 41.9 Å². The van der Waals surface area contributed by atoms with E-state index in [1.807, 2.05) is 66.7 Å². The summed E-state index contributed by atoms with van der Waals surface area (Å²) in [6, 6.07) is 17.5. The molecule has 1 aromatic heterocycles.